The van der Waals surface area contributed by atoms with Crippen LogP contribution in [0.4, 0.5) is 5.82 Å². The molecule has 19 heavy (non-hydrogen) atoms. The second-order valence-corrected chi connectivity index (χ2v) is 3.82. The summed E-state index contributed by atoms with van der Waals surface area (Å²) in [7, 11) is 0. The van der Waals surface area contributed by atoms with Crippen LogP contribution in [0.1, 0.15) is 17.4 Å². The van der Waals surface area contributed by atoms with Crippen molar-refractivity contribution in [2.24, 2.45) is 0 Å². The highest BCUT2D eigenvalue weighted by Gasteiger charge is 2.07. The number of nitrogens with one attached hydrogen (secondary N) is 1. The summed E-state index contributed by atoms with van der Waals surface area (Å²) in [5.41, 5.74) is 1.16. The van der Waals surface area contributed by atoms with Crippen LogP contribution in [0, 0.1) is 0 Å². The lowest BCUT2D eigenvalue weighted by atomic mass is 10.1. The number of carbonyl (C=O) groups excluding carboxylic acids is 1. The molecule has 2 aromatic rings. The number of aromatic nitrogens is 2. The summed E-state index contributed by atoms with van der Waals surface area (Å²) in [6.45, 7) is 1.39. The summed E-state index contributed by atoms with van der Waals surface area (Å²) in [5, 5.41) is 11.5. The molecule has 1 amide bonds. The number of pyridine rings is 2. The van der Waals surface area contributed by atoms with Crippen LogP contribution >= 0.6 is 0 Å². The van der Waals surface area contributed by atoms with E-state index in [1.165, 1.54) is 19.2 Å². The highest BCUT2D eigenvalue weighted by molar-refractivity contribution is 5.88. The molecule has 6 heteroatoms. The molecule has 0 unspecified atom stereocenters. The number of nitrogens with zero attached hydrogens (tertiary/aromatic N) is 2. The largest absolute Gasteiger partial charge is 0.477 e. The standard InChI is InChI=1S/C13H11N3O3/c1-8(17)15-12-7-9(5-6-14-12)10-3-2-4-11(16-10)13(18)19/h2-7H,1H3,(H,18,19)(H,14,15,17). The Hall–Kier alpha value is -2.76. The molecular formula is C13H11N3O3. The Morgan fingerprint density at radius 3 is 2.74 bits per heavy atom. The van der Waals surface area contributed by atoms with Gasteiger partial charge in [-0.3, -0.25) is 4.79 Å². The first-order valence-corrected chi connectivity index (χ1v) is 5.50. The molecule has 0 fully saturated rings. The highest BCUT2D eigenvalue weighted by Crippen LogP contribution is 2.19. The van der Waals surface area contributed by atoms with Gasteiger partial charge in [0.25, 0.3) is 0 Å². The lowest BCUT2D eigenvalue weighted by Gasteiger charge is -2.05. The molecule has 2 N–H and O–H groups in total. The van der Waals surface area contributed by atoms with Crippen LogP contribution in [0.3, 0.4) is 0 Å². The quantitative estimate of drug-likeness (QED) is 0.874. The van der Waals surface area contributed by atoms with Crippen molar-refractivity contribution in [1.29, 1.82) is 0 Å². The fraction of sp³-hybridized carbons (Fsp3) is 0.0769. The van der Waals surface area contributed by atoms with Gasteiger partial charge in [-0.15, -0.1) is 0 Å². The zero-order valence-electron chi connectivity index (χ0n) is 10.1. The molecule has 0 aromatic carbocycles. The minimum absolute atomic E-state index is 0.0320. The molecule has 2 aromatic heterocycles. The van der Waals surface area contributed by atoms with Gasteiger partial charge in [-0.25, -0.2) is 14.8 Å². The Labute approximate surface area is 109 Å². The summed E-state index contributed by atoms with van der Waals surface area (Å²) in [4.78, 5) is 29.8. The smallest absolute Gasteiger partial charge is 0.354 e. The number of amides is 1. The minimum Gasteiger partial charge on any atom is -0.477 e. The van der Waals surface area contributed by atoms with Crippen LogP contribution in [0.15, 0.2) is 36.5 Å². The normalized spacial score (nSPS) is 9.95. The van der Waals surface area contributed by atoms with E-state index in [0.717, 1.165) is 0 Å². The summed E-state index contributed by atoms with van der Waals surface area (Å²) < 4.78 is 0. The lowest BCUT2D eigenvalue weighted by molar-refractivity contribution is -0.114. The van der Waals surface area contributed by atoms with E-state index < -0.39 is 5.97 Å². The van der Waals surface area contributed by atoms with Crippen LogP contribution in [0.2, 0.25) is 0 Å². The number of carbonyl (C=O) groups is 2. The van der Waals surface area contributed by atoms with Gasteiger partial charge in [0, 0.05) is 18.7 Å². The van der Waals surface area contributed by atoms with E-state index in [9.17, 15) is 9.59 Å². The Balaban J connectivity index is 2.38. The third kappa shape index (κ3) is 3.12. The summed E-state index contributed by atoms with van der Waals surface area (Å²) in [6, 6.07) is 8.06. The molecule has 0 aliphatic heterocycles. The topological polar surface area (TPSA) is 92.2 Å². The van der Waals surface area contributed by atoms with Gasteiger partial charge in [0.1, 0.15) is 11.5 Å². The highest BCUT2D eigenvalue weighted by atomic mass is 16.4. The Bertz CT molecular complexity index is 641. The molecule has 96 valence electrons. The van der Waals surface area contributed by atoms with Crippen LogP contribution < -0.4 is 5.32 Å². The van der Waals surface area contributed by atoms with E-state index in [2.05, 4.69) is 15.3 Å². The van der Waals surface area contributed by atoms with Crippen molar-refractivity contribution in [3.63, 3.8) is 0 Å². The van der Waals surface area contributed by atoms with E-state index in [4.69, 9.17) is 5.11 Å². The number of hydrogen-bond donors (Lipinski definition) is 2. The number of anilines is 1. The third-order valence-electron chi connectivity index (χ3n) is 2.33. The number of carboxylic acid groups (broad SMARTS) is 1. The summed E-state index contributed by atoms with van der Waals surface area (Å²) in [5.74, 6) is -0.914. The molecule has 0 aliphatic rings. The zero-order valence-corrected chi connectivity index (χ0v) is 10.1. The Morgan fingerprint density at radius 1 is 1.26 bits per heavy atom. The van der Waals surface area contributed by atoms with Crippen molar-refractivity contribution in [2.75, 3.05) is 5.32 Å². The zero-order chi connectivity index (χ0) is 13.8. The van der Waals surface area contributed by atoms with Crippen molar-refractivity contribution >= 4 is 17.7 Å². The molecule has 0 saturated heterocycles. The Kier molecular flexibility index (Phi) is 3.51. The number of hydrogen-bond acceptors (Lipinski definition) is 4. The second kappa shape index (κ2) is 5.26. The maximum Gasteiger partial charge on any atom is 0.354 e. The maximum atomic E-state index is 11.0. The van der Waals surface area contributed by atoms with E-state index in [-0.39, 0.29) is 11.6 Å². The molecule has 2 rings (SSSR count). The fourth-order valence-electron chi connectivity index (χ4n) is 1.55. The van der Waals surface area contributed by atoms with Gasteiger partial charge in [-0.2, -0.15) is 0 Å². The molecule has 0 saturated carbocycles. The number of rotatable bonds is 3. The van der Waals surface area contributed by atoms with Crippen LogP contribution in [0.5, 0.6) is 0 Å². The predicted octanol–water partition coefficient (Wildman–Crippen LogP) is 1.80. The molecule has 0 aliphatic carbocycles. The van der Waals surface area contributed by atoms with Crippen LogP contribution in [-0.4, -0.2) is 27.0 Å². The van der Waals surface area contributed by atoms with Gasteiger partial charge in [-0.05, 0) is 24.3 Å². The van der Waals surface area contributed by atoms with E-state index in [1.54, 1.807) is 24.3 Å². The van der Waals surface area contributed by atoms with Crippen molar-refractivity contribution < 1.29 is 14.7 Å². The van der Waals surface area contributed by atoms with Gasteiger partial charge < -0.3 is 10.4 Å². The van der Waals surface area contributed by atoms with E-state index in [1.807, 2.05) is 0 Å². The van der Waals surface area contributed by atoms with Gasteiger partial charge in [0.15, 0.2) is 0 Å². The predicted molar refractivity (Wildman–Crippen MR) is 68.7 cm³/mol. The van der Waals surface area contributed by atoms with Crippen LogP contribution in [0.25, 0.3) is 11.3 Å². The van der Waals surface area contributed by atoms with Crippen molar-refractivity contribution in [1.82, 2.24) is 9.97 Å². The third-order valence-corrected chi connectivity index (χ3v) is 2.33. The maximum absolute atomic E-state index is 11.0. The first kappa shape index (κ1) is 12.7. The van der Waals surface area contributed by atoms with Gasteiger partial charge in [0.05, 0.1) is 5.69 Å². The van der Waals surface area contributed by atoms with Crippen LogP contribution in [-0.2, 0) is 4.79 Å². The van der Waals surface area contributed by atoms with Gasteiger partial charge in [-0.1, -0.05) is 6.07 Å². The average molecular weight is 257 g/mol. The van der Waals surface area contributed by atoms with Gasteiger partial charge in [0.2, 0.25) is 5.91 Å². The summed E-state index contributed by atoms with van der Waals surface area (Å²) >= 11 is 0. The van der Waals surface area contributed by atoms with E-state index in [0.29, 0.717) is 17.1 Å². The molecule has 0 atom stereocenters. The Morgan fingerprint density at radius 2 is 2.05 bits per heavy atom. The second-order valence-electron chi connectivity index (χ2n) is 3.82. The minimum atomic E-state index is -1.09. The molecule has 0 bridgehead atoms. The number of carboxylic acids is 1. The first-order chi connectivity index (χ1) is 9.06. The van der Waals surface area contributed by atoms with Crippen molar-refractivity contribution in [3.8, 4) is 11.3 Å². The molecule has 0 radical (unpaired) electrons. The monoisotopic (exact) mass is 257 g/mol. The number of aromatic carboxylic acids is 1. The van der Waals surface area contributed by atoms with E-state index >= 15 is 0 Å². The molecular weight excluding hydrogens is 246 g/mol. The summed E-state index contributed by atoms with van der Waals surface area (Å²) in [6.07, 6.45) is 1.52. The fourth-order valence-corrected chi connectivity index (χ4v) is 1.55. The first-order valence-electron chi connectivity index (χ1n) is 5.50. The van der Waals surface area contributed by atoms with Crippen molar-refractivity contribution in [3.05, 3.63) is 42.2 Å². The van der Waals surface area contributed by atoms with Crippen molar-refractivity contribution in [2.45, 2.75) is 6.92 Å². The van der Waals surface area contributed by atoms with Gasteiger partial charge >= 0.3 is 5.97 Å². The lowest BCUT2D eigenvalue weighted by Crippen LogP contribution is -2.07. The average Bonchev–Trinajstić information content (AvgIpc) is 2.38. The molecule has 0 spiro atoms. The molecule has 2 heterocycles. The molecule has 6 nitrogen and oxygen atoms in total. The SMILES string of the molecule is CC(=O)Nc1cc(-c2cccc(C(=O)O)n2)ccn1.